The average molecular weight is 699 g/mol. The van der Waals surface area contributed by atoms with Crippen molar-refractivity contribution in [2.24, 2.45) is 0 Å². The van der Waals surface area contributed by atoms with E-state index in [9.17, 15) is 0 Å². The molecule has 0 nitrogen and oxygen atoms in total. The van der Waals surface area contributed by atoms with Crippen LogP contribution in [0.1, 0.15) is 218 Å². The Labute approximate surface area is 279 Å². The van der Waals surface area contributed by atoms with Crippen molar-refractivity contribution in [3.63, 3.8) is 0 Å². The largest absolute Gasteiger partial charge is 0.248 e. The fourth-order valence-corrected chi connectivity index (χ4v) is 8.26. The topological polar surface area (TPSA) is 0 Å². The van der Waals surface area contributed by atoms with Crippen LogP contribution in [0.15, 0.2) is 0 Å². The lowest BCUT2D eigenvalue weighted by atomic mass is 10.0. The summed E-state index contributed by atoms with van der Waals surface area (Å²) in [6, 6.07) is 1.06. The minimum Gasteiger partial charge on any atom is -0.146 e. The first-order chi connectivity index (χ1) is 20.1. The van der Waals surface area contributed by atoms with Crippen LogP contribution in [-0.2, 0) is 0 Å². The highest BCUT2D eigenvalue weighted by atomic mass is 79.9. The minimum absolute atomic E-state index is 1.06. The number of unbranched alkanes of at least 4 members (excludes halogenated alkanes) is 33. The van der Waals surface area contributed by atoms with Crippen LogP contribution in [0.5, 0.6) is 0 Å². The van der Waals surface area contributed by atoms with Gasteiger partial charge in [0, 0.05) is 5.33 Å². The molecule has 0 atom stereocenters. The number of rotatable bonds is 36. The molecule has 0 radical (unpaired) electrons. The molecule has 0 N–H and O–H groups in total. The van der Waals surface area contributed by atoms with Gasteiger partial charge in [-0.15, -0.1) is 22.2 Å². The van der Waals surface area contributed by atoms with Crippen molar-refractivity contribution in [1.82, 2.24) is 0 Å². The summed E-state index contributed by atoms with van der Waals surface area (Å²) in [5, 5.41) is 1.18. The molecule has 0 amide bonds. The Kier molecular flexibility index (Phi) is 36.9. The summed E-state index contributed by atoms with van der Waals surface area (Å²) in [5.74, 6) is 0. The van der Waals surface area contributed by atoms with Crippen molar-refractivity contribution in [3.05, 3.63) is 0 Å². The molecule has 0 bridgehead atoms. The monoisotopic (exact) mass is 696 g/mol. The summed E-state index contributed by atoms with van der Waals surface area (Å²) >= 11 is 15.9. The van der Waals surface area contributed by atoms with Gasteiger partial charge in [0.2, 0.25) is 6.69 Å². The lowest BCUT2D eigenvalue weighted by Crippen LogP contribution is -2.11. The van der Waals surface area contributed by atoms with Gasteiger partial charge in [0.05, 0.1) is 0 Å². The molecule has 248 valence electrons. The molecule has 0 spiro atoms. The van der Waals surface area contributed by atoms with Crippen molar-refractivity contribution in [2.45, 2.75) is 231 Å². The van der Waals surface area contributed by atoms with Gasteiger partial charge in [0.1, 0.15) is 0 Å². The van der Waals surface area contributed by atoms with Gasteiger partial charge in [-0.05, 0) is 19.0 Å². The summed E-state index contributed by atoms with van der Waals surface area (Å²) in [6.07, 6.45) is 49.4. The highest BCUT2D eigenvalue weighted by Gasteiger charge is 2.19. The van der Waals surface area contributed by atoms with Crippen molar-refractivity contribution >= 4 is 44.8 Å². The predicted molar refractivity (Wildman–Crippen MR) is 199 cm³/mol. The SMILES string of the molecule is C[Si](Cl)(Cl)CCCCCCCCCCCCCCCCCCCCCCCCCCCCCCCCCCCCBr. The Morgan fingerprint density at radius 3 is 0.585 bits per heavy atom. The predicted octanol–water partition coefficient (Wildman–Crippen LogP) is 16.2. The highest BCUT2D eigenvalue weighted by Crippen LogP contribution is 2.23. The quantitative estimate of drug-likeness (QED) is 0.0264. The maximum atomic E-state index is 6.16. The molecule has 0 aliphatic carbocycles. The van der Waals surface area contributed by atoms with E-state index in [4.69, 9.17) is 22.2 Å². The fourth-order valence-electron chi connectivity index (χ4n) is 6.19. The smallest absolute Gasteiger partial charge is 0.146 e. The Morgan fingerprint density at radius 2 is 0.439 bits per heavy atom. The van der Waals surface area contributed by atoms with Crippen LogP contribution in [0.2, 0.25) is 12.6 Å². The highest BCUT2D eigenvalue weighted by molar-refractivity contribution is 9.09. The van der Waals surface area contributed by atoms with Crippen LogP contribution in [0.25, 0.3) is 0 Å². The first kappa shape index (κ1) is 42.3. The summed E-state index contributed by atoms with van der Waals surface area (Å²) in [6.45, 7) is 0.201. The van der Waals surface area contributed by atoms with E-state index in [1.54, 1.807) is 0 Å². The standard InChI is InChI=1S/C37H75BrCl2Si/c1-41(39,40)37-35-33-31-29-27-25-23-21-19-17-15-13-11-9-7-5-3-2-4-6-8-10-12-14-16-18-20-22-24-26-28-30-32-34-36-38/h2-37H2,1H3. The third-order valence-electron chi connectivity index (χ3n) is 9.00. The fraction of sp³-hybridized carbons (Fsp3) is 1.00. The van der Waals surface area contributed by atoms with E-state index < -0.39 is 6.69 Å². The van der Waals surface area contributed by atoms with Crippen LogP contribution in [0, 0.1) is 0 Å². The van der Waals surface area contributed by atoms with E-state index in [0.717, 1.165) is 6.04 Å². The second-order valence-electron chi connectivity index (χ2n) is 13.5. The molecule has 0 rings (SSSR count). The maximum absolute atomic E-state index is 6.16. The first-order valence-electron chi connectivity index (χ1n) is 19.0. The Bertz CT molecular complexity index is 468. The molecule has 0 aliphatic heterocycles. The van der Waals surface area contributed by atoms with E-state index in [2.05, 4.69) is 15.9 Å². The number of hydrogen-bond donors (Lipinski definition) is 0. The van der Waals surface area contributed by atoms with E-state index in [1.165, 1.54) is 224 Å². The lowest BCUT2D eigenvalue weighted by Gasteiger charge is -2.09. The Morgan fingerprint density at radius 1 is 0.293 bits per heavy atom. The second-order valence-corrected chi connectivity index (χ2v) is 22.5. The van der Waals surface area contributed by atoms with Gasteiger partial charge >= 0.3 is 0 Å². The van der Waals surface area contributed by atoms with Crippen molar-refractivity contribution < 1.29 is 0 Å². The molecule has 0 aliphatic rings. The normalized spacial score (nSPS) is 12.0. The Hall–Kier alpha value is 1.28. The van der Waals surface area contributed by atoms with E-state index in [-0.39, 0.29) is 0 Å². The van der Waals surface area contributed by atoms with Gasteiger partial charge in [-0.2, -0.15) is 0 Å². The van der Waals surface area contributed by atoms with Crippen LogP contribution >= 0.6 is 38.1 Å². The zero-order valence-electron chi connectivity index (χ0n) is 28.1. The molecule has 0 heterocycles. The second kappa shape index (κ2) is 35.8. The van der Waals surface area contributed by atoms with Gasteiger partial charge in [-0.1, -0.05) is 228 Å². The van der Waals surface area contributed by atoms with Gasteiger partial charge in [0.25, 0.3) is 0 Å². The van der Waals surface area contributed by atoms with E-state index in [1.807, 2.05) is 6.55 Å². The number of alkyl halides is 1. The molecule has 0 fully saturated rings. The van der Waals surface area contributed by atoms with Crippen molar-refractivity contribution in [2.75, 3.05) is 5.33 Å². The van der Waals surface area contributed by atoms with Crippen LogP contribution < -0.4 is 0 Å². The number of hydrogen-bond acceptors (Lipinski definition) is 0. The summed E-state index contributed by atoms with van der Waals surface area (Å²) in [5.41, 5.74) is 0. The molecular formula is C37H75BrCl2Si. The molecule has 41 heavy (non-hydrogen) atoms. The minimum atomic E-state index is -1.84. The summed E-state index contributed by atoms with van der Waals surface area (Å²) in [7, 11) is 0. The van der Waals surface area contributed by atoms with Gasteiger partial charge in [0.15, 0.2) is 0 Å². The molecular weight excluding hydrogens is 623 g/mol. The lowest BCUT2D eigenvalue weighted by molar-refractivity contribution is 0.511. The van der Waals surface area contributed by atoms with Crippen LogP contribution in [0.3, 0.4) is 0 Å². The van der Waals surface area contributed by atoms with Gasteiger partial charge < -0.3 is 0 Å². The summed E-state index contributed by atoms with van der Waals surface area (Å²) in [4.78, 5) is 0. The van der Waals surface area contributed by atoms with E-state index in [0.29, 0.717) is 0 Å². The first-order valence-corrected chi connectivity index (χ1v) is 24.9. The van der Waals surface area contributed by atoms with Crippen LogP contribution in [-0.4, -0.2) is 12.0 Å². The molecule has 0 aromatic carbocycles. The van der Waals surface area contributed by atoms with Gasteiger partial charge in [-0.25, -0.2) is 0 Å². The zero-order valence-corrected chi connectivity index (χ0v) is 32.2. The molecule has 0 aromatic heterocycles. The summed E-state index contributed by atoms with van der Waals surface area (Å²) < 4.78 is 0. The zero-order chi connectivity index (χ0) is 30.0. The van der Waals surface area contributed by atoms with Crippen LogP contribution in [0.4, 0.5) is 0 Å². The van der Waals surface area contributed by atoms with Crippen molar-refractivity contribution in [3.8, 4) is 0 Å². The molecule has 0 saturated carbocycles. The molecule has 4 heteroatoms. The Balaban J connectivity index is 3.04. The molecule has 0 unspecified atom stereocenters. The van der Waals surface area contributed by atoms with Crippen molar-refractivity contribution in [1.29, 1.82) is 0 Å². The average Bonchev–Trinajstić information content (AvgIpc) is 2.94. The molecule has 0 saturated heterocycles. The maximum Gasteiger partial charge on any atom is 0.248 e. The van der Waals surface area contributed by atoms with E-state index >= 15 is 0 Å². The third-order valence-corrected chi connectivity index (χ3v) is 11.9. The molecule has 0 aromatic rings. The van der Waals surface area contributed by atoms with Gasteiger partial charge in [-0.3, -0.25) is 0 Å². The number of halogens is 3. The third kappa shape index (κ3) is 41.3.